The molecule has 25 heavy (non-hydrogen) atoms. The molecule has 6 nitrogen and oxygen atoms in total. The van der Waals surface area contributed by atoms with Crippen molar-refractivity contribution in [3.05, 3.63) is 70.3 Å². The van der Waals surface area contributed by atoms with Crippen LogP contribution < -0.4 is 9.46 Å². The number of ketones is 1. The zero-order valence-corrected chi connectivity index (χ0v) is 14.9. The summed E-state index contributed by atoms with van der Waals surface area (Å²) in [6, 6.07) is 13.0. The molecule has 0 bridgehead atoms. The number of ether oxygens (including phenoxy) is 1. The fourth-order valence-corrected chi connectivity index (χ4v) is 4.37. The minimum Gasteiger partial charge on any atom is -0.495 e. The maximum Gasteiger partial charge on any atom is 0.244 e. The molecule has 0 spiro atoms. The molecule has 0 radical (unpaired) electrons. The summed E-state index contributed by atoms with van der Waals surface area (Å²) in [6.45, 7) is 0.0798. The van der Waals surface area contributed by atoms with Crippen molar-refractivity contribution >= 4 is 27.1 Å². The van der Waals surface area contributed by atoms with Gasteiger partial charge in [0.25, 0.3) is 0 Å². The fourth-order valence-electron chi connectivity index (χ4n) is 2.21. The van der Waals surface area contributed by atoms with Crippen molar-refractivity contribution in [1.82, 2.24) is 4.72 Å². The average molecular weight is 377 g/mol. The van der Waals surface area contributed by atoms with E-state index in [0.29, 0.717) is 9.75 Å². The molecule has 2 heterocycles. The van der Waals surface area contributed by atoms with E-state index >= 15 is 0 Å². The molecule has 1 N–H and O–H groups in total. The van der Waals surface area contributed by atoms with Gasteiger partial charge >= 0.3 is 0 Å². The van der Waals surface area contributed by atoms with Crippen molar-refractivity contribution in [2.45, 2.75) is 11.4 Å². The number of sulfonamides is 1. The van der Waals surface area contributed by atoms with Gasteiger partial charge in [0.2, 0.25) is 15.8 Å². The number of thiophene rings is 1. The third-order valence-corrected chi connectivity index (χ3v) is 5.95. The van der Waals surface area contributed by atoms with Gasteiger partial charge in [0.05, 0.1) is 18.3 Å². The van der Waals surface area contributed by atoms with Crippen molar-refractivity contribution < 1.29 is 22.4 Å². The summed E-state index contributed by atoms with van der Waals surface area (Å²) < 4.78 is 37.6. The summed E-state index contributed by atoms with van der Waals surface area (Å²) in [5.74, 6) is 0.298. The molecule has 130 valence electrons. The molecule has 0 atom stereocenters. The Bertz CT molecular complexity index is 974. The highest BCUT2D eigenvalue weighted by atomic mass is 32.2. The van der Waals surface area contributed by atoms with Gasteiger partial charge in [-0.15, -0.1) is 11.3 Å². The van der Waals surface area contributed by atoms with Crippen LogP contribution in [0, 0.1) is 0 Å². The smallest absolute Gasteiger partial charge is 0.244 e. The molecule has 0 aliphatic carbocycles. The first-order valence-corrected chi connectivity index (χ1v) is 9.61. The second-order valence-corrected chi connectivity index (χ2v) is 7.95. The normalized spacial score (nSPS) is 11.4. The second-order valence-electron chi connectivity index (χ2n) is 5.05. The van der Waals surface area contributed by atoms with Gasteiger partial charge in [-0.2, -0.15) is 0 Å². The molecule has 8 heteroatoms. The van der Waals surface area contributed by atoms with Gasteiger partial charge in [0, 0.05) is 11.4 Å². The molecule has 0 saturated carbocycles. The van der Waals surface area contributed by atoms with E-state index in [-0.39, 0.29) is 28.7 Å². The molecule has 0 aliphatic rings. The van der Waals surface area contributed by atoms with Crippen molar-refractivity contribution in [3.8, 4) is 5.75 Å². The molecule has 0 saturated heterocycles. The van der Waals surface area contributed by atoms with Crippen molar-refractivity contribution in [2.75, 3.05) is 7.11 Å². The van der Waals surface area contributed by atoms with E-state index in [1.807, 2.05) is 0 Å². The molecular weight excluding hydrogens is 362 g/mol. The molecule has 0 fully saturated rings. The summed E-state index contributed by atoms with van der Waals surface area (Å²) in [7, 11) is -2.31. The maximum atomic E-state index is 12.4. The van der Waals surface area contributed by atoms with Crippen LogP contribution in [0.25, 0.3) is 0 Å². The predicted molar refractivity (Wildman–Crippen MR) is 93.5 cm³/mol. The van der Waals surface area contributed by atoms with E-state index in [0.717, 1.165) is 0 Å². The third kappa shape index (κ3) is 3.81. The minimum absolute atomic E-state index is 0.0703. The Morgan fingerprint density at radius 3 is 2.68 bits per heavy atom. The Labute approximate surface area is 149 Å². The Hall–Kier alpha value is -2.42. The number of methoxy groups -OCH3 is 1. The van der Waals surface area contributed by atoms with Gasteiger partial charge in [-0.05, 0) is 36.4 Å². The first-order chi connectivity index (χ1) is 12.0. The summed E-state index contributed by atoms with van der Waals surface area (Å²) in [5.41, 5.74) is 0. The number of para-hydroxylation sites is 1. The predicted octanol–water partition coefficient (Wildman–Crippen LogP) is 3.06. The molecule has 2 aromatic heterocycles. The highest BCUT2D eigenvalue weighted by Gasteiger charge is 2.20. The van der Waals surface area contributed by atoms with Crippen LogP contribution in [0.5, 0.6) is 5.75 Å². The maximum absolute atomic E-state index is 12.4. The highest BCUT2D eigenvalue weighted by Crippen LogP contribution is 2.24. The summed E-state index contributed by atoms with van der Waals surface area (Å²) in [4.78, 5) is 13.5. The van der Waals surface area contributed by atoms with Gasteiger partial charge in [-0.3, -0.25) is 4.79 Å². The van der Waals surface area contributed by atoms with Crippen molar-refractivity contribution in [3.63, 3.8) is 0 Å². The molecule has 0 amide bonds. The van der Waals surface area contributed by atoms with E-state index in [2.05, 4.69) is 4.72 Å². The van der Waals surface area contributed by atoms with Crippen LogP contribution in [0.1, 0.15) is 20.3 Å². The van der Waals surface area contributed by atoms with Crippen LogP contribution in [-0.4, -0.2) is 21.3 Å². The highest BCUT2D eigenvalue weighted by molar-refractivity contribution is 7.89. The van der Waals surface area contributed by atoms with E-state index in [4.69, 9.17) is 9.15 Å². The number of carbonyl (C=O) groups is 1. The van der Waals surface area contributed by atoms with Crippen molar-refractivity contribution in [1.29, 1.82) is 0 Å². The number of hydrogen-bond donors (Lipinski definition) is 1. The quantitative estimate of drug-likeness (QED) is 0.640. The number of rotatable bonds is 7. The van der Waals surface area contributed by atoms with Gasteiger partial charge in [0.15, 0.2) is 5.76 Å². The number of carbonyl (C=O) groups excluding carboxylic acids is 1. The molecule has 3 aromatic rings. The van der Waals surface area contributed by atoms with Crippen LogP contribution in [0.3, 0.4) is 0 Å². The summed E-state index contributed by atoms with van der Waals surface area (Å²) >= 11 is 1.22. The van der Waals surface area contributed by atoms with Gasteiger partial charge in [0.1, 0.15) is 10.6 Å². The van der Waals surface area contributed by atoms with E-state index in [9.17, 15) is 13.2 Å². The van der Waals surface area contributed by atoms with Crippen LogP contribution in [-0.2, 0) is 16.6 Å². The van der Waals surface area contributed by atoms with Gasteiger partial charge < -0.3 is 9.15 Å². The molecule has 0 unspecified atom stereocenters. The van der Waals surface area contributed by atoms with Gasteiger partial charge in [-0.25, -0.2) is 13.1 Å². The number of hydrogen-bond acceptors (Lipinski definition) is 6. The summed E-state index contributed by atoms with van der Waals surface area (Å²) in [6.07, 6.45) is 1.43. The second kappa shape index (κ2) is 7.22. The number of benzene rings is 1. The zero-order valence-electron chi connectivity index (χ0n) is 13.3. The zero-order chi connectivity index (χ0) is 17.9. The Balaban J connectivity index is 1.73. The minimum atomic E-state index is -3.73. The molecule has 3 rings (SSSR count). The largest absolute Gasteiger partial charge is 0.495 e. The number of furan rings is 1. The van der Waals surface area contributed by atoms with Crippen LogP contribution in [0.2, 0.25) is 0 Å². The first kappa shape index (κ1) is 17.4. The van der Waals surface area contributed by atoms with Gasteiger partial charge in [-0.1, -0.05) is 12.1 Å². The van der Waals surface area contributed by atoms with Crippen LogP contribution >= 0.6 is 11.3 Å². The lowest BCUT2D eigenvalue weighted by Crippen LogP contribution is -2.23. The topological polar surface area (TPSA) is 85.6 Å². The van der Waals surface area contributed by atoms with Crippen molar-refractivity contribution in [2.24, 2.45) is 0 Å². The third-order valence-electron chi connectivity index (χ3n) is 3.43. The standard InChI is InChI=1S/C17H15NO5S2/c1-22-13-5-2-3-7-16(13)25(20,21)18-11-12-8-9-15(24-12)17(19)14-6-4-10-23-14/h2-10,18H,11H2,1H3. The molecule has 0 aliphatic heterocycles. The lowest BCUT2D eigenvalue weighted by Gasteiger charge is -2.09. The fraction of sp³-hybridized carbons (Fsp3) is 0.118. The van der Waals surface area contributed by atoms with E-state index in [1.165, 1.54) is 30.8 Å². The SMILES string of the molecule is COc1ccccc1S(=O)(=O)NCc1ccc(C(=O)c2ccco2)s1. The van der Waals surface area contributed by atoms with E-state index in [1.54, 1.807) is 42.5 Å². The first-order valence-electron chi connectivity index (χ1n) is 7.31. The Kier molecular flexibility index (Phi) is 5.03. The average Bonchev–Trinajstić information content (AvgIpc) is 3.31. The number of nitrogens with one attached hydrogen (secondary N) is 1. The Morgan fingerprint density at radius 2 is 1.96 bits per heavy atom. The molecular formula is C17H15NO5S2. The van der Waals surface area contributed by atoms with Crippen LogP contribution in [0.4, 0.5) is 0 Å². The van der Waals surface area contributed by atoms with Crippen LogP contribution in [0.15, 0.2) is 64.1 Å². The monoisotopic (exact) mass is 377 g/mol. The summed E-state index contributed by atoms with van der Waals surface area (Å²) in [5, 5.41) is 0. The molecule has 1 aromatic carbocycles. The Morgan fingerprint density at radius 1 is 1.16 bits per heavy atom. The van der Waals surface area contributed by atoms with E-state index < -0.39 is 10.0 Å². The lowest BCUT2D eigenvalue weighted by molar-refractivity contribution is 0.101. The lowest BCUT2D eigenvalue weighted by atomic mass is 10.2.